The first-order valence-corrected chi connectivity index (χ1v) is 9.25. The summed E-state index contributed by atoms with van der Waals surface area (Å²) in [5.41, 5.74) is 7.72. The molecule has 1 amide bonds. The number of ether oxygens (including phenoxy) is 2. The van der Waals surface area contributed by atoms with Crippen LogP contribution in [-0.4, -0.2) is 34.9 Å². The van der Waals surface area contributed by atoms with E-state index in [4.69, 9.17) is 15.2 Å². The zero-order valence-electron chi connectivity index (χ0n) is 17.2. The largest absolute Gasteiger partial charge is 0.493 e. The monoisotopic (exact) mass is 431 g/mol. The van der Waals surface area contributed by atoms with Crippen LogP contribution in [0.5, 0.6) is 11.5 Å². The molecule has 0 saturated heterocycles. The molecular weight excluding hydrogens is 406 g/mol. The lowest BCUT2D eigenvalue weighted by Crippen LogP contribution is -2.29. The number of methoxy groups -OCH3 is 2. The van der Waals surface area contributed by atoms with Crippen molar-refractivity contribution in [3.8, 4) is 22.9 Å². The minimum Gasteiger partial charge on any atom is -0.493 e. The molecule has 0 unspecified atom stereocenters. The van der Waals surface area contributed by atoms with Gasteiger partial charge in [-0.05, 0) is 13.0 Å². The van der Waals surface area contributed by atoms with Gasteiger partial charge >= 0.3 is 0 Å². The molecule has 3 rings (SSSR count). The molecule has 3 N–H and O–H groups in total. The Kier molecular flexibility index (Phi) is 8.20. The number of carbonyl (C=O) groups is 1. The highest BCUT2D eigenvalue weighted by molar-refractivity contribution is 5.85. The second-order valence-electron chi connectivity index (χ2n) is 6.54. The number of carbonyl (C=O) groups excluding carboxylic acids is 1. The van der Waals surface area contributed by atoms with Gasteiger partial charge in [-0.1, -0.05) is 42.5 Å². The molecule has 0 radical (unpaired) electrons. The second kappa shape index (κ2) is 10.6. The molecule has 0 spiro atoms. The molecule has 30 heavy (non-hydrogen) atoms. The van der Waals surface area contributed by atoms with Gasteiger partial charge in [-0.3, -0.25) is 4.79 Å². The van der Waals surface area contributed by atoms with Crippen molar-refractivity contribution in [3.63, 3.8) is 0 Å². The Labute approximate surface area is 181 Å². The number of nitrogens with zero attached hydrogens (tertiary/aromatic N) is 3. The molecule has 1 heterocycles. The number of amides is 1. The van der Waals surface area contributed by atoms with Gasteiger partial charge in [0.15, 0.2) is 17.3 Å². The summed E-state index contributed by atoms with van der Waals surface area (Å²) in [6.45, 7) is 2.13. The van der Waals surface area contributed by atoms with Crippen LogP contribution in [0, 0.1) is 0 Å². The standard InChI is InChI=1S/C21H25N5O3.ClH/c1-14(22)21-24-20(15-8-5-4-6-9-15)25-26(21)13-18(27)23-12-16-10-7-11-17(28-2)19(16)29-3;/h4-11,14H,12-13,22H2,1-3H3,(H,23,27);1H/t14-;/m0./s1. The fourth-order valence-corrected chi connectivity index (χ4v) is 3.00. The Morgan fingerprint density at radius 2 is 1.87 bits per heavy atom. The van der Waals surface area contributed by atoms with Crippen molar-refractivity contribution in [2.75, 3.05) is 14.2 Å². The number of hydrogen-bond acceptors (Lipinski definition) is 6. The van der Waals surface area contributed by atoms with E-state index in [1.165, 1.54) is 0 Å². The number of benzene rings is 2. The smallest absolute Gasteiger partial charge is 0.242 e. The lowest BCUT2D eigenvalue weighted by Gasteiger charge is -2.13. The summed E-state index contributed by atoms with van der Waals surface area (Å²) >= 11 is 0. The van der Waals surface area contributed by atoms with Gasteiger partial charge in [0.25, 0.3) is 0 Å². The van der Waals surface area contributed by atoms with Crippen molar-refractivity contribution in [3.05, 3.63) is 59.9 Å². The zero-order valence-corrected chi connectivity index (χ0v) is 18.0. The van der Waals surface area contributed by atoms with E-state index >= 15 is 0 Å². The Balaban J connectivity index is 0.00000320. The first-order chi connectivity index (χ1) is 14.0. The van der Waals surface area contributed by atoms with Crippen LogP contribution >= 0.6 is 12.4 Å². The third-order valence-corrected chi connectivity index (χ3v) is 4.39. The Bertz CT molecular complexity index is 976. The predicted molar refractivity (Wildman–Crippen MR) is 117 cm³/mol. The summed E-state index contributed by atoms with van der Waals surface area (Å²) in [4.78, 5) is 17.1. The van der Waals surface area contributed by atoms with Crippen LogP contribution in [0.4, 0.5) is 0 Å². The third-order valence-electron chi connectivity index (χ3n) is 4.39. The molecule has 0 aliphatic carbocycles. The summed E-state index contributed by atoms with van der Waals surface area (Å²) < 4.78 is 12.2. The van der Waals surface area contributed by atoms with Crippen LogP contribution < -0.4 is 20.5 Å². The van der Waals surface area contributed by atoms with E-state index < -0.39 is 0 Å². The lowest BCUT2D eigenvalue weighted by molar-refractivity contribution is -0.122. The van der Waals surface area contributed by atoms with Crippen LogP contribution in [0.3, 0.4) is 0 Å². The van der Waals surface area contributed by atoms with Crippen LogP contribution in [0.15, 0.2) is 48.5 Å². The molecule has 9 heteroatoms. The van der Waals surface area contributed by atoms with Gasteiger partial charge in [0.2, 0.25) is 5.91 Å². The second-order valence-corrected chi connectivity index (χ2v) is 6.54. The van der Waals surface area contributed by atoms with Crippen molar-refractivity contribution < 1.29 is 14.3 Å². The highest BCUT2D eigenvalue weighted by Crippen LogP contribution is 2.30. The number of nitrogens with two attached hydrogens (primary N) is 1. The molecule has 160 valence electrons. The Hall–Kier alpha value is -3.10. The van der Waals surface area contributed by atoms with Gasteiger partial charge in [-0.25, -0.2) is 9.67 Å². The maximum absolute atomic E-state index is 12.5. The molecule has 1 aromatic heterocycles. The molecular formula is C21H26ClN5O3. The van der Waals surface area contributed by atoms with E-state index in [1.807, 2.05) is 49.4 Å². The molecule has 0 aliphatic rings. The summed E-state index contributed by atoms with van der Waals surface area (Å²) in [7, 11) is 3.14. The lowest BCUT2D eigenvalue weighted by atomic mass is 10.2. The van der Waals surface area contributed by atoms with E-state index in [2.05, 4.69) is 15.4 Å². The van der Waals surface area contributed by atoms with E-state index in [-0.39, 0.29) is 30.9 Å². The molecule has 8 nitrogen and oxygen atoms in total. The van der Waals surface area contributed by atoms with E-state index in [1.54, 1.807) is 25.0 Å². The molecule has 0 bridgehead atoms. The van der Waals surface area contributed by atoms with E-state index in [9.17, 15) is 4.79 Å². The quantitative estimate of drug-likeness (QED) is 0.568. The van der Waals surface area contributed by atoms with E-state index in [0.717, 1.165) is 11.1 Å². The average Bonchev–Trinajstić information content (AvgIpc) is 3.16. The predicted octanol–water partition coefficient (Wildman–Crippen LogP) is 2.72. The van der Waals surface area contributed by atoms with Crippen LogP contribution in [0.25, 0.3) is 11.4 Å². The molecule has 0 saturated carbocycles. The summed E-state index contributed by atoms with van der Waals surface area (Å²) in [6.07, 6.45) is 0. The molecule has 0 fully saturated rings. The maximum atomic E-state index is 12.5. The van der Waals surface area contributed by atoms with Gasteiger partial charge < -0.3 is 20.5 Å². The first-order valence-electron chi connectivity index (χ1n) is 9.25. The third kappa shape index (κ3) is 5.28. The number of rotatable bonds is 8. The first kappa shape index (κ1) is 23.2. The number of nitrogens with one attached hydrogen (secondary N) is 1. The summed E-state index contributed by atoms with van der Waals surface area (Å²) in [5.74, 6) is 2.10. The van der Waals surface area contributed by atoms with Gasteiger partial charge in [-0.15, -0.1) is 12.4 Å². The Morgan fingerprint density at radius 1 is 1.13 bits per heavy atom. The fraction of sp³-hybridized carbons (Fsp3) is 0.286. The number of halogens is 1. The van der Waals surface area contributed by atoms with Gasteiger partial charge in [-0.2, -0.15) is 5.10 Å². The SMILES string of the molecule is COc1cccc(CNC(=O)Cn2nc(-c3ccccc3)nc2[C@H](C)N)c1OC.Cl. The molecule has 0 aliphatic heterocycles. The van der Waals surface area contributed by atoms with Crippen molar-refractivity contribution in [2.24, 2.45) is 5.73 Å². The normalized spacial score (nSPS) is 11.3. The fourth-order valence-electron chi connectivity index (χ4n) is 3.00. The van der Waals surface area contributed by atoms with Gasteiger partial charge in [0, 0.05) is 17.7 Å². The summed E-state index contributed by atoms with van der Waals surface area (Å²) in [5, 5.41) is 7.36. The Morgan fingerprint density at radius 3 is 2.50 bits per heavy atom. The number of hydrogen-bond donors (Lipinski definition) is 2. The van der Waals surface area contributed by atoms with Crippen molar-refractivity contribution in [1.29, 1.82) is 0 Å². The van der Waals surface area contributed by atoms with Gasteiger partial charge in [0.1, 0.15) is 12.4 Å². The number of para-hydroxylation sites is 1. The molecule has 1 atom stereocenters. The van der Waals surface area contributed by atoms with Crippen LogP contribution in [-0.2, 0) is 17.9 Å². The minimum absolute atomic E-state index is 0. The van der Waals surface area contributed by atoms with Crippen molar-refractivity contribution in [1.82, 2.24) is 20.1 Å². The molecule has 3 aromatic rings. The average molecular weight is 432 g/mol. The van der Waals surface area contributed by atoms with Gasteiger partial charge in [0.05, 0.1) is 20.3 Å². The van der Waals surface area contributed by atoms with E-state index in [0.29, 0.717) is 29.7 Å². The van der Waals surface area contributed by atoms with Crippen LogP contribution in [0.1, 0.15) is 24.4 Å². The molecule has 2 aromatic carbocycles. The summed E-state index contributed by atoms with van der Waals surface area (Å²) in [6, 6.07) is 14.8. The topological polar surface area (TPSA) is 104 Å². The number of aromatic nitrogens is 3. The zero-order chi connectivity index (χ0) is 20.8. The highest BCUT2D eigenvalue weighted by Gasteiger charge is 2.17. The van der Waals surface area contributed by atoms with Crippen molar-refractivity contribution in [2.45, 2.75) is 26.1 Å². The maximum Gasteiger partial charge on any atom is 0.242 e. The van der Waals surface area contributed by atoms with Crippen LogP contribution in [0.2, 0.25) is 0 Å². The highest BCUT2D eigenvalue weighted by atomic mass is 35.5. The minimum atomic E-state index is -0.355. The van der Waals surface area contributed by atoms with Crippen molar-refractivity contribution >= 4 is 18.3 Å².